The number of nitro benzene ring substituents is 1. The van der Waals surface area contributed by atoms with Crippen molar-refractivity contribution in [2.45, 2.75) is 33.1 Å². The van der Waals surface area contributed by atoms with Crippen LogP contribution in [0.2, 0.25) is 0 Å². The van der Waals surface area contributed by atoms with Crippen LogP contribution in [0.1, 0.15) is 38.7 Å². The summed E-state index contributed by atoms with van der Waals surface area (Å²) in [7, 11) is 0. The van der Waals surface area contributed by atoms with Gasteiger partial charge in [0.25, 0.3) is 5.69 Å². The lowest BCUT2D eigenvalue weighted by molar-refractivity contribution is -0.384. The third-order valence-electron chi connectivity index (χ3n) is 3.74. The Morgan fingerprint density at radius 1 is 1.38 bits per heavy atom. The maximum atomic E-state index is 12.4. The van der Waals surface area contributed by atoms with Crippen molar-refractivity contribution in [3.63, 3.8) is 0 Å². The number of hydrogen-bond acceptors (Lipinski definition) is 5. The Labute approximate surface area is 139 Å². The molecule has 0 aromatic heterocycles. The topological polar surface area (TPSA) is 98.5 Å². The van der Waals surface area contributed by atoms with Gasteiger partial charge in [0.05, 0.1) is 17.1 Å². The number of non-ortho nitro benzene ring substituents is 1. The number of hydrogen-bond donors (Lipinski definition) is 1. The van der Waals surface area contributed by atoms with E-state index in [9.17, 15) is 19.7 Å². The van der Waals surface area contributed by atoms with Crippen molar-refractivity contribution in [1.29, 1.82) is 0 Å². The molecule has 128 valence electrons. The number of nitrogens with one attached hydrogen (secondary N) is 1. The van der Waals surface area contributed by atoms with E-state index < -0.39 is 16.8 Å². The number of rotatable bonds is 5. The van der Waals surface area contributed by atoms with Crippen molar-refractivity contribution >= 4 is 17.6 Å². The summed E-state index contributed by atoms with van der Waals surface area (Å²) in [6.45, 7) is 5.81. The van der Waals surface area contributed by atoms with Crippen LogP contribution in [0.4, 0.5) is 5.69 Å². The van der Waals surface area contributed by atoms with E-state index in [1.165, 1.54) is 12.1 Å². The SMILES string of the molecule is CC1=C(C(=O)OCC(C)C)[C@@H](c2ccc([N+](=O)[O-])cc2)CC(=O)N1. The second-order valence-corrected chi connectivity index (χ2v) is 6.18. The van der Waals surface area contributed by atoms with Crippen molar-refractivity contribution in [2.75, 3.05) is 6.61 Å². The molecule has 1 aromatic carbocycles. The third-order valence-corrected chi connectivity index (χ3v) is 3.74. The lowest BCUT2D eigenvalue weighted by Gasteiger charge is -2.26. The summed E-state index contributed by atoms with van der Waals surface area (Å²) in [5, 5.41) is 13.4. The summed E-state index contributed by atoms with van der Waals surface area (Å²) in [5.41, 5.74) is 1.49. The van der Waals surface area contributed by atoms with E-state index in [1.54, 1.807) is 19.1 Å². The largest absolute Gasteiger partial charge is 0.462 e. The number of carbonyl (C=O) groups is 2. The Morgan fingerprint density at radius 2 is 2.00 bits per heavy atom. The fraction of sp³-hybridized carbons (Fsp3) is 0.412. The van der Waals surface area contributed by atoms with Crippen LogP contribution >= 0.6 is 0 Å². The second kappa shape index (κ2) is 7.25. The highest BCUT2D eigenvalue weighted by molar-refractivity contribution is 5.95. The Morgan fingerprint density at radius 3 is 2.54 bits per heavy atom. The zero-order valence-electron chi connectivity index (χ0n) is 13.9. The number of benzene rings is 1. The standard InChI is InChI=1S/C17H20N2O5/c1-10(2)9-24-17(21)16-11(3)18-15(20)8-14(16)12-4-6-13(7-5-12)19(22)23/h4-7,10,14H,8-9H2,1-3H3,(H,18,20)/t14-/m1/s1. The maximum absolute atomic E-state index is 12.4. The van der Waals surface area contributed by atoms with Gasteiger partial charge in [-0.1, -0.05) is 26.0 Å². The first kappa shape index (κ1) is 17.7. The minimum absolute atomic E-state index is 0.0383. The first-order valence-electron chi connectivity index (χ1n) is 7.71. The minimum atomic E-state index is -0.490. The average Bonchev–Trinajstić information content (AvgIpc) is 2.52. The van der Waals surface area contributed by atoms with Crippen LogP contribution in [0.5, 0.6) is 0 Å². The van der Waals surface area contributed by atoms with Gasteiger partial charge < -0.3 is 10.1 Å². The highest BCUT2D eigenvalue weighted by atomic mass is 16.6. The molecule has 2 rings (SSSR count). The van der Waals surface area contributed by atoms with Crippen LogP contribution in [0, 0.1) is 16.0 Å². The predicted molar refractivity (Wildman–Crippen MR) is 87.1 cm³/mol. The van der Waals surface area contributed by atoms with Crippen LogP contribution in [-0.4, -0.2) is 23.4 Å². The zero-order valence-corrected chi connectivity index (χ0v) is 13.9. The van der Waals surface area contributed by atoms with Crippen LogP contribution in [-0.2, 0) is 14.3 Å². The fourth-order valence-corrected chi connectivity index (χ4v) is 2.60. The molecule has 0 unspecified atom stereocenters. The molecule has 1 aliphatic heterocycles. The Bertz CT molecular complexity index is 691. The van der Waals surface area contributed by atoms with Crippen LogP contribution in [0.15, 0.2) is 35.5 Å². The molecule has 1 heterocycles. The van der Waals surface area contributed by atoms with Crippen molar-refractivity contribution in [1.82, 2.24) is 5.32 Å². The summed E-state index contributed by atoms with van der Waals surface area (Å²) < 4.78 is 5.31. The number of esters is 1. The number of amides is 1. The molecule has 0 bridgehead atoms. The van der Waals surface area contributed by atoms with Crippen molar-refractivity contribution < 1.29 is 19.2 Å². The lowest BCUT2D eigenvalue weighted by atomic mass is 9.84. The molecule has 0 fully saturated rings. The van der Waals surface area contributed by atoms with Crippen molar-refractivity contribution in [3.8, 4) is 0 Å². The van der Waals surface area contributed by atoms with E-state index >= 15 is 0 Å². The minimum Gasteiger partial charge on any atom is -0.462 e. The van der Waals surface area contributed by atoms with E-state index in [0.29, 0.717) is 16.8 Å². The monoisotopic (exact) mass is 332 g/mol. The lowest BCUT2D eigenvalue weighted by Crippen LogP contribution is -2.34. The Balaban J connectivity index is 2.33. The Kier molecular flexibility index (Phi) is 5.33. The molecule has 1 N–H and O–H groups in total. The summed E-state index contributed by atoms with van der Waals surface area (Å²) in [6, 6.07) is 5.89. The highest BCUT2D eigenvalue weighted by Crippen LogP contribution is 2.34. The molecule has 0 saturated carbocycles. The van der Waals surface area contributed by atoms with Crippen molar-refractivity contribution in [2.24, 2.45) is 5.92 Å². The second-order valence-electron chi connectivity index (χ2n) is 6.18. The van der Waals surface area contributed by atoms with Gasteiger partial charge in [-0.3, -0.25) is 14.9 Å². The molecule has 1 amide bonds. The van der Waals surface area contributed by atoms with Gasteiger partial charge in [-0.05, 0) is 18.4 Å². The fourth-order valence-electron chi connectivity index (χ4n) is 2.60. The summed E-state index contributed by atoms with van der Waals surface area (Å²) >= 11 is 0. The van der Waals surface area contributed by atoms with Gasteiger partial charge in [0.1, 0.15) is 0 Å². The number of carbonyl (C=O) groups excluding carboxylic acids is 2. The summed E-state index contributed by atoms with van der Waals surface area (Å²) in [4.78, 5) is 34.6. The van der Waals surface area contributed by atoms with Gasteiger partial charge >= 0.3 is 5.97 Å². The van der Waals surface area contributed by atoms with Gasteiger partial charge in [-0.2, -0.15) is 0 Å². The summed E-state index contributed by atoms with van der Waals surface area (Å²) in [6.07, 6.45) is 0.0985. The normalized spacial score (nSPS) is 17.7. The molecule has 7 nitrogen and oxygen atoms in total. The van der Waals surface area contributed by atoms with E-state index in [-0.39, 0.29) is 30.5 Å². The number of allylic oxidation sites excluding steroid dienone is 1. The first-order chi connectivity index (χ1) is 11.3. The smallest absolute Gasteiger partial charge is 0.336 e. The summed E-state index contributed by atoms with van der Waals surface area (Å²) in [5.74, 6) is -0.939. The van der Waals surface area contributed by atoms with E-state index in [4.69, 9.17) is 4.74 Å². The van der Waals surface area contributed by atoms with E-state index in [0.717, 1.165) is 0 Å². The predicted octanol–water partition coefficient (Wildman–Crippen LogP) is 2.67. The molecule has 1 atom stereocenters. The molecular weight excluding hydrogens is 312 g/mol. The highest BCUT2D eigenvalue weighted by Gasteiger charge is 2.33. The number of nitrogens with zero attached hydrogens (tertiary/aromatic N) is 1. The average molecular weight is 332 g/mol. The van der Waals surface area contributed by atoms with Gasteiger partial charge in [0.15, 0.2) is 0 Å². The Hall–Kier alpha value is -2.70. The van der Waals surface area contributed by atoms with E-state index in [2.05, 4.69) is 5.32 Å². The number of ether oxygens (including phenoxy) is 1. The van der Waals surface area contributed by atoms with Gasteiger partial charge in [0.2, 0.25) is 5.91 Å². The van der Waals surface area contributed by atoms with Crippen LogP contribution in [0.25, 0.3) is 0 Å². The van der Waals surface area contributed by atoms with Crippen LogP contribution < -0.4 is 5.32 Å². The molecule has 24 heavy (non-hydrogen) atoms. The van der Waals surface area contributed by atoms with Gasteiger partial charge in [-0.15, -0.1) is 0 Å². The molecule has 1 aromatic rings. The molecule has 1 aliphatic rings. The zero-order chi connectivity index (χ0) is 17.9. The first-order valence-corrected chi connectivity index (χ1v) is 7.71. The molecule has 0 radical (unpaired) electrons. The van der Waals surface area contributed by atoms with Crippen molar-refractivity contribution in [3.05, 3.63) is 51.2 Å². The molecule has 0 aliphatic carbocycles. The third kappa shape index (κ3) is 3.98. The van der Waals surface area contributed by atoms with Gasteiger partial charge in [0, 0.05) is 30.2 Å². The molecule has 0 spiro atoms. The maximum Gasteiger partial charge on any atom is 0.336 e. The van der Waals surface area contributed by atoms with E-state index in [1.807, 2.05) is 13.8 Å². The van der Waals surface area contributed by atoms with Crippen LogP contribution in [0.3, 0.4) is 0 Å². The molecule has 7 heteroatoms. The molecule has 0 saturated heterocycles. The molecular formula is C17H20N2O5. The quantitative estimate of drug-likeness (QED) is 0.508. The van der Waals surface area contributed by atoms with Gasteiger partial charge in [-0.25, -0.2) is 4.79 Å². The number of nitro groups is 1.